The Morgan fingerprint density at radius 3 is 2.00 bits per heavy atom. The van der Waals surface area contributed by atoms with Crippen molar-refractivity contribution in [3.8, 4) is 0 Å². The van der Waals surface area contributed by atoms with Gasteiger partial charge in [0.25, 0.3) is 5.91 Å². The van der Waals surface area contributed by atoms with Crippen LogP contribution in [-0.2, 0) is 19.6 Å². The monoisotopic (exact) mass is 445 g/mol. The third kappa shape index (κ3) is 3.96. The summed E-state index contributed by atoms with van der Waals surface area (Å²) in [6.07, 6.45) is 0.360. The molecule has 4 rings (SSSR count). The van der Waals surface area contributed by atoms with E-state index in [-0.39, 0.29) is 61.6 Å². The van der Waals surface area contributed by atoms with Gasteiger partial charge in [-0.25, -0.2) is 12.8 Å². The second kappa shape index (κ2) is 8.20. The van der Waals surface area contributed by atoms with E-state index in [4.69, 9.17) is 0 Å². The number of nitrogens with zero attached hydrogens (tertiary/aromatic N) is 3. The molecule has 2 saturated heterocycles. The first kappa shape index (κ1) is 21.1. The zero-order valence-electron chi connectivity index (χ0n) is 16.5. The minimum atomic E-state index is -3.98. The van der Waals surface area contributed by atoms with Crippen LogP contribution in [0.25, 0.3) is 0 Å². The number of imide groups is 1. The number of hydrogen-bond donors (Lipinski definition) is 0. The van der Waals surface area contributed by atoms with Crippen molar-refractivity contribution in [3.63, 3.8) is 0 Å². The summed E-state index contributed by atoms with van der Waals surface area (Å²) in [6.45, 7) is 0.434. The van der Waals surface area contributed by atoms with Crippen molar-refractivity contribution in [2.24, 2.45) is 0 Å². The molecule has 162 valence electrons. The van der Waals surface area contributed by atoms with Crippen LogP contribution in [0.2, 0.25) is 0 Å². The normalized spacial score (nSPS) is 18.0. The van der Waals surface area contributed by atoms with E-state index >= 15 is 0 Å². The van der Waals surface area contributed by atoms with Crippen molar-refractivity contribution >= 4 is 33.4 Å². The summed E-state index contributed by atoms with van der Waals surface area (Å²) in [5.41, 5.74) is 0.790. The van der Waals surface area contributed by atoms with Gasteiger partial charge >= 0.3 is 0 Å². The number of sulfonamides is 1. The predicted molar refractivity (Wildman–Crippen MR) is 109 cm³/mol. The number of rotatable bonds is 4. The molecule has 2 heterocycles. The average molecular weight is 445 g/mol. The van der Waals surface area contributed by atoms with Crippen LogP contribution < -0.4 is 4.90 Å². The molecular formula is C21H20FN3O5S. The van der Waals surface area contributed by atoms with E-state index in [2.05, 4.69) is 0 Å². The Morgan fingerprint density at radius 2 is 1.42 bits per heavy atom. The number of benzene rings is 2. The fraction of sp³-hybridized carbons (Fsp3) is 0.286. The smallest absolute Gasteiger partial charge is 0.253 e. The molecule has 0 saturated carbocycles. The second-order valence-corrected chi connectivity index (χ2v) is 9.20. The van der Waals surface area contributed by atoms with E-state index in [1.54, 1.807) is 24.3 Å². The molecule has 3 amide bonds. The second-order valence-electron chi connectivity index (χ2n) is 7.30. The topological polar surface area (TPSA) is 95.1 Å². The van der Waals surface area contributed by atoms with Gasteiger partial charge in [-0.05, 0) is 36.4 Å². The number of halogens is 1. The Labute approximate surface area is 178 Å². The molecule has 0 N–H and O–H groups in total. The van der Waals surface area contributed by atoms with Gasteiger partial charge in [-0.1, -0.05) is 12.1 Å². The van der Waals surface area contributed by atoms with Crippen molar-refractivity contribution in [3.05, 3.63) is 59.9 Å². The van der Waals surface area contributed by atoms with Gasteiger partial charge in [-0.3, -0.25) is 19.3 Å². The molecule has 0 bridgehead atoms. The number of amides is 3. The van der Waals surface area contributed by atoms with Gasteiger partial charge in [0.15, 0.2) is 0 Å². The summed E-state index contributed by atoms with van der Waals surface area (Å²) >= 11 is 0. The number of piperazine rings is 1. The first-order valence-electron chi connectivity index (χ1n) is 9.79. The van der Waals surface area contributed by atoms with Crippen molar-refractivity contribution in [1.82, 2.24) is 9.21 Å². The van der Waals surface area contributed by atoms with Crippen molar-refractivity contribution in [2.45, 2.75) is 17.7 Å². The summed E-state index contributed by atoms with van der Waals surface area (Å²) in [4.78, 5) is 38.7. The Morgan fingerprint density at radius 1 is 0.839 bits per heavy atom. The maximum Gasteiger partial charge on any atom is 0.253 e. The van der Waals surface area contributed by atoms with E-state index in [0.29, 0.717) is 11.3 Å². The van der Waals surface area contributed by atoms with Crippen LogP contribution in [0.1, 0.15) is 23.2 Å². The van der Waals surface area contributed by atoms with Crippen LogP contribution >= 0.6 is 0 Å². The van der Waals surface area contributed by atoms with Gasteiger partial charge in [0, 0.05) is 44.6 Å². The highest BCUT2D eigenvalue weighted by Gasteiger charge is 2.33. The first-order chi connectivity index (χ1) is 14.8. The lowest BCUT2D eigenvalue weighted by Gasteiger charge is -2.34. The molecule has 0 radical (unpaired) electrons. The maximum atomic E-state index is 13.9. The molecule has 0 unspecified atom stereocenters. The molecule has 2 aromatic rings. The third-order valence-electron chi connectivity index (χ3n) is 5.40. The number of carbonyl (C=O) groups is 3. The maximum absolute atomic E-state index is 13.9. The summed E-state index contributed by atoms with van der Waals surface area (Å²) < 4.78 is 40.5. The predicted octanol–water partition coefficient (Wildman–Crippen LogP) is 1.63. The molecule has 31 heavy (non-hydrogen) atoms. The lowest BCUT2D eigenvalue weighted by atomic mass is 10.1. The Kier molecular flexibility index (Phi) is 5.59. The third-order valence-corrected chi connectivity index (χ3v) is 7.34. The number of carbonyl (C=O) groups excluding carboxylic acids is 3. The van der Waals surface area contributed by atoms with Gasteiger partial charge in [0.05, 0.1) is 5.69 Å². The zero-order valence-corrected chi connectivity index (χ0v) is 17.3. The highest BCUT2D eigenvalue weighted by molar-refractivity contribution is 7.89. The van der Waals surface area contributed by atoms with E-state index in [0.717, 1.165) is 11.0 Å². The molecule has 2 aromatic carbocycles. The van der Waals surface area contributed by atoms with Crippen LogP contribution in [0.15, 0.2) is 53.4 Å². The Balaban J connectivity index is 1.42. The Bertz CT molecular complexity index is 1130. The fourth-order valence-corrected chi connectivity index (χ4v) is 5.21. The van der Waals surface area contributed by atoms with E-state index in [9.17, 15) is 27.2 Å². The summed E-state index contributed by atoms with van der Waals surface area (Å²) in [6, 6.07) is 11.4. The van der Waals surface area contributed by atoms with Crippen molar-refractivity contribution in [1.29, 1.82) is 0 Å². The SMILES string of the molecule is O=C(c1ccc(N2C(=O)CCC2=O)cc1)N1CCN(S(=O)(=O)c2ccccc2F)CC1. The molecule has 2 aliphatic heterocycles. The van der Waals surface area contributed by atoms with Gasteiger partial charge in [0.1, 0.15) is 10.7 Å². The van der Waals surface area contributed by atoms with Gasteiger partial charge in [-0.15, -0.1) is 0 Å². The molecular weight excluding hydrogens is 425 g/mol. The molecule has 8 nitrogen and oxygen atoms in total. The van der Waals surface area contributed by atoms with E-state index < -0.39 is 15.8 Å². The molecule has 2 fully saturated rings. The van der Waals surface area contributed by atoms with Gasteiger partial charge in [0.2, 0.25) is 21.8 Å². The largest absolute Gasteiger partial charge is 0.336 e. The minimum absolute atomic E-state index is 0.0528. The number of hydrogen-bond acceptors (Lipinski definition) is 5. The zero-order chi connectivity index (χ0) is 22.2. The van der Waals surface area contributed by atoms with Crippen molar-refractivity contribution in [2.75, 3.05) is 31.1 Å². The summed E-state index contributed by atoms with van der Waals surface area (Å²) in [7, 11) is -3.98. The highest BCUT2D eigenvalue weighted by Crippen LogP contribution is 2.24. The molecule has 0 aliphatic carbocycles. The van der Waals surface area contributed by atoms with Crippen LogP contribution in [0.4, 0.5) is 10.1 Å². The summed E-state index contributed by atoms with van der Waals surface area (Å²) in [5.74, 6) is -1.63. The van der Waals surface area contributed by atoms with Crippen LogP contribution in [0.5, 0.6) is 0 Å². The highest BCUT2D eigenvalue weighted by atomic mass is 32.2. The molecule has 0 spiro atoms. The van der Waals surface area contributed by atoms with Crippen LogP contribution in [0, 0.1) is 5.82 Å². The molecule has 0 atom stereocenters. The molecule has 0 aromatic heterocycles. The van der Waals surface area contributed by atoms with Gasteiger partial charge in [-0.2, -0.15) is 4.31 Å². The minimum Gasteiger partial charge on any atom is -0.336 e. The lowest BCUT2D eigenvalue weighted by molar-refractivity contribution is -0.121. The van der Waals surface area contributed by atoms with Crippen LogP contribution in [-0.4, -0.2) is 61.5 Å². The molecule has 2 aliphatic rings. The van der Waals surface area contributed by atoms with Gasteiger partial charge < -0.3 is 4.90 Å². The molecule has 10 heteroatoms. The Hall–Kier alpha value is -3.11. The fourth-order valence-electron chi connectivity index (χ4n) is 3.72. The quantitative estimate of drug-likeness (QED) is 0.667. The van der Waals surface area contributed by atoms with E-state index in [1.165, 1.54) is 27.4 Å². The lowest BCUT2D eigenvalue weighted by Crippen LogP contribution is -2.50. The van der Waals surface area contributed by atoms with E-state index in [1.807, 2.05) is 0 Å². The number of anilines is 1. The standard InChI is InChI=1S/C21H20FN3O5S/c22-17-3-1-2-4-18(17)31(29,30)24-13-11-23(12-14-24)21(28)15-5-7-16(8-6-15)25-19(26)9-10-20(25)27/h1-8H,9-14H2. The summed E-state index contributed by atoms with van der Waals surface area (Å²) in [5, 5.41) is 0. The van der Waals surface area contributed by atoms with Crippen molar-refractivity contribution < 1.29 is 27.2 Å². The average Bonchev–Trinajstić information content (AvgIpc) is 3.11. The van der Waals surface area contributed by atoms with Crippen LogP contribution in [0.3, 0.4) is 0 Å². The first-order valence-corrected chi connectivity index (χ1v) is 11.2.